The number of carbonyl (C=O) groups excluding carboxylic acids is 2. The van der Waals surface area contributed by atoms with Crippen molar-refractivity contribution in [2.45, 2.75) is 39.2 Å². The average Bonchev–Trinajstić information content (AvgIpc) is 3.05. The molecule has 2 fully saturated rings. The number of likely N-dealkylation sites (tertiary alicyclic amines) is 2. The van der Waals surface area contributed by atoms with Crippen LogP contribution in [0.5, 0.6) is 5.88 Å². The van der Waals surface area contributed by atoms with E-state index in [9.17, 15) is 9.59 Å². The van der Waals surface area contributed by atoms with Crippen molar-refractivity contribution in [2.24, 2.45) is 5.92 Å². The van der Waals surface area contributed by atoms with Crippen LogP contribution in [0.2, 0.25) is 0 Å². The predicted molar refractivity (Wildman–Crippen MR) is 87.4 cm³/mol. The fourth-order valence-electron chi connectivity index (χ4n) is 3.34. The Bertz CT molecular complexity index is 596. The van der Waals surface area contributed by atoms with E-state index in [0.717, 1.165) is 31.5 Å². The second-order valence-electron chi connectivity index (χ2n) is 6.61. The molecule has 0 unspecified atom stereocenters. The molecule has 2 saturated heterocycles. The van der Waals surface area contributed by atoms with E-state index in [-0.39, 0.29) is 23.8 Å². The Morgan fingerprint density at radius 3 is 2.42 bits per heavy atom. The Kier molecular flexibility index (Phi) is 4.97. The highest BCUT2D eigenvalue weighted by Gasteiger charge is 2.34. The van der Waals surface area contributed by atoms with E-state index in [2.05, 4.69) is 10.2 Å². The monoisotopic (exact) mass is 332 g/mol. The van der Waals surface area contributed by atoms with Gasteiger partial charge in [-0.3, -0.25) is 9.59 Å². The summed E-state index contributed by atoms with van der Waals surface area (Å²) in [6.45, 7) is 6.14. The van der Waals surface area contributed by atoms with Crippen LogP contribution in [-0.2, 0) is 9.59 Å². The smallest absolute Gasteiger partial charge is 0.233 e. The molecule has 0 N–H and O–H groups in total. The van der Waals surface area contributed by atoms with Crippen LogP contribution in [0.1, 0.15) is 31.9 Å². The van der Waals surface area contributed by atoms with Crippen LogP contribution in [0.4, 0.5) is 0 Å². The van der Waals surface area contributed by atoms with Gasteiger partial charge in [-0.2, -0.15) is 5.10 Å². The number of rotatable bonds is 3. The van der Waals surface area contributed by atoms with E-state index >= 15 is 0 Å². The van der Waals surface area contributed by atoms with Crippen molar-refractivity contribution in [3.8, 4) is 5.88 Å². The van der Waals surface area contributed by atoms with Crippen LogP contribution in [0, 0.1) is 12.8 Å². The number of piperidine rings is 1. The minimum Gasteiger partial charge on any atom is -0.471 e. The maximum atomic E-state index is 12.7. The zero-order valence-corrected chi connectivity index (χ0v) is 14.3. The first kappa shape index (κ1) is 16.7. The van der Waals surface area contributed by atoms with E-state index in [4.69, 9.17) is 4.74 Å². The molecule has 0 aliphatic carbocycles. The third-order valence-corrected chi connectivity index (χ3v) is 4.81. The van der Waals surface area contributed by atoms with Crippen LogP contribution in [0.3, 0.4) is 0 Å². The Balaban J connectivity index is 1.49. The average molecular weight is 332 g/mol. The molecule has 0 radical (unpaired) electrons. The molecule has 3 rings (SSSR count). The fourth-order valence-corrected chi connectivity index (χ4v) is 3.34. The number of ether oxygens (including phenoxy) is 1. The zero-order valence-electron chi connectivity index (χ0n) is 14.3. The molecule has 3 heterocycles. The molecule has 0 saturated carbocycles. The summed E-state index contributed by atoms with van der Waals surface area (Å²) in [7, 11) is 0. The molecule has 1 aromatic heterocycles. The summed E-state index contributed by atoms with van der Waals surface area (Å²) in [4.78, 5) is 27.7. The van der Waals surface area contributed by atoms with E-state index in [1.165, 1.54) is 0 Å². The highest BCUT2D eigenvalue weighted by Crippen LogP contribution is 2.23. The van der Waals surface area contributed by atoms with Crippen molar-refractivity contribution in [2.75, 3.05) is 26.2 Å². The van der Waals surface area contributed by atoms with Gasteiger partial charge in [0.2, 0.25) is 17.7 Å². The molecule has 1 atom stereocenters. The van der Waals surface area contributed by atoms with E-state index < -0.39 is 0 Å². The minimum absolute atomic E-state index is 0.0248. The molecule has 7 heteroatoms. The van der Waals surface area contributed by atoms with Crippen molar-refractivity contribution in [1.82, 2.24) is 20.0 Å². The Labute approximate surface area is 142 Å². The Morgan fingerprint density at radius 2 is 1.79 bits per heavy atom. The summed E-state index contributed by atoms with van der Waals surface area (Å²) < 4.78 is 5.83. The number of hydrogen-bond donors (Lipinski definition) is 0. The van der Waals surface area contributed by atoms with Gasteiger partial charge in [0, 0.05) is 45.0 Å². The summed E-state index contributed by atoms with van der Waals surface area (Å²) in [5.74, 6) is 0.821. The lowest BCUT2D eigenvalue weighted by Gasteiger charge is -2.32. The SMILES string of the molecule is CC(=O)N1CCC(C(=O)N2CC[C@H](Oc3ccc(C)nn3)C2)CC1. The summed E-state index contributed by atoms with van der Waals surface area (Å²) >= 11 is 0. The predicted octanol–water partition coefficient (Wildman–Crippen LogP) is 1.02. The van der Waals surface area contributed by atoms with Crippen LogP contribution in [0.25, 0.3) is 0 Å². The lowest BCUT2D eigenvalue weighted by molar-refractivity contribution is -0.139. The fraction of sp³-hybridized carbons (Fsp3) is 0.647. The summed E-state index contributed by atoms with van der Waals surface area (Å²) in [6.07, 6.45) is 2.30. The van der Waals surface area contributed by atoms with Crippen molar-refractivity contribution >= 4 is 11.8 Å². The van der Waals surface area contributed by atoms with Gasteiger partial charge in [-0.1, -0.05) is 0 Å². The third-order valence-electron chi connectivity index (χ3n) is 4.81. The van der Waals surface area contributed by atoms with Crippen LogP contribution in [-0.4, -0.2) is 64.1 Å². The highest BCUT2D eigenvalue weighted by molar-refractivity contribution is 5.80. The molecule has 1 aromatic rings. The quantitative estimate of drug-likeness (QED) is 0.826. The number of hydrogen-bond acceptors (Lipinski definition) is 5. The Morgan fingerprint density at radius 1 is 1.08 bits per heavy atom. The van der Waals surface area contributed by atoms with E-state index in [0.29, 0.717) is 25.5 Å². The van der Waals surface area contributed by atoms with E-state index in [1.54, 1.807) is 6.92 Å². The first-order valence-electron chi connectivity index (χ1n) is 8.54. The summed E-state index contributed by atoms with van der Waals surface area (Å²) in [5, 5.41) is 8.00. The maximum Gasteiger partial charge on any atom is 0.233 e. The van der Waals surface area contributed by atoms with Gasteiger partial charge in [0.05, 0.1) is 12.2 Å². The summed E-state index contributed by atoms with van der Waals surface area (Å²) in [5.41, 5.74) is 0.850. The number of amides is 2. The minimum atomic E-state index is -0.0248. The van der Waals surface area contributed by atoms with Gasteiger partial charge in [0.25, 0.3) is 0 Å². The number of aryl methyl sites for hydroxylation is 1. The normalized spacial score (nSPS) is 21.8. The molecular weight excluding hydrogens is 308 g/mol. The molecule has 2 amide bonds. The van der Waals surface area contributed by atoms with E-state index in [1.807, 2.05) is 28.9 Å². The molecule has 0 bridgehead atoms. The van der Waals surface area contributed by atoms with Crippen LogP contribution < -0.4 is 4.74 Å². The van der Waals surface area contributed by atoms with Crippen molar-refractivity contribution in [3.63, 3.8) is 0 Å². The first-order chi connectivity index (χ1) is 11.5. The maximum absolute atomic E-state index is 12.7. The number of carbonyl (C=O) groups is 2. The van der Waals surface area contributed by atoms with Crippen molar-refractivity contribution < 1.29 is 14.3 Å². The second kappa shape index (κ2) is 7.15. The van der Waals surface area contributed by atoms with Crippen molar-refractivity contribution in [1.29, 1.82) is 0 Å². The molecule has 130 valence electrons. The van der Waals surface area contributed by atoms with Gasteiger partial charge in [-0.05, 0) is 25.8 Å². The van der Waals surface area contributed by atoms with Crippen molar-refractivity contribution in [3.05, 3.63) is 17.8 Å². The largest absolute Gasteiger partial charge is 0.471 e. The van der Waals surface area contributed by atoms with Crippen LogP contribution in [0.15, 0.2) is 12.1 Å². The number of nitrogens with zero attached hydrogens (tertiary/aromatic N) is 4. The van der Waals surface area contributed by atoms with Gasteiger partial charge in [0.1, 0.15) is 6.10 Å². The lowest BCUT2D eigenvalue weighted by atomic mass is 9.95. The topological polar surface area (TPSA) is 75.6 Å². The van der Waals surface area contributed by atoms with Gasteiger partial charge in [-0.15, -0.1) is 5.10 Å². The zero-order chi connectivity index (χ0) is 17.1. The molecule has 0 aromatic carbocycles. The Hall–Kier alpha value is -2.18. The lowest BCUT2D eigenvalue weighted by Crippen LogP contribution is -2.43. The standard InChI is InChI=1S/C17H24N4O3/c1-12-3-4-16(19-18-12)24-15-7-10-21(11-15)17(23)14-5-8-20(9-6-14)13(2)22/h3-4,14-15H,5-11H2,1-2H3/t15-/m0/s1. The first-order valence-corrected chi connectivity index (χ1v) is 8.54. The van der Waals surface area contributed by atoms with Gasteiger partial charge in [-0.25, -0.2) is 0 Å². The molecule has 24 heavy (non-hydrogen) atoms. The number of aromatic nitrogens is 2. The molecular formula is C17H24N4O3. The molecule has 2 aliphatic rings. The van der Waals surface area contributed by atoms with Gasteiger partial charge >= 0.3 is 0 Å². The van der Waals surface area contributed by atoms with Crippen LogP contribution >= 0.6 is 0 Å². The van der Waals surface area contributed by atoms with Gasteiger partial charge < -0.3 is 14.5 Å². The molecule has 0 spiro atoms. The van der Waals surface area contributed by atoms with Gasteiger partial charge in [0.15, 0.2) is 0 Å². The molecule has 2 aliphatic heterocycles. The molecule has 7 nitrogen and oxygen atoms in total. The summed E-state index contributed by atoms with van der Waals surface area (Å²) in [6, 6.07) is 3.67. The second-order valence-corrected chi connectivity index (χ2v) is 6.61. The highest BCUT2D eigenvalue weighted by atomic mass is 16.5. The third kappa shape index (κ3) is 3.83.